The molecule has 0 radical (unpaired) electrons. The highest BCUT2D eigenvalue weighted by Crippen LogP contribution is 2.30. The lowest BCUT2D eigenvalue weighted by Crippen LogP contribution is -2.50. The zero-order valence-electron chi connectivity index (χ0n) is 16.3. The molecule has 1 aliphatic heterocycles. The second-order valence-corrected chi connectivity index (χ2v) is 6.98. The highest BCUT2D eigenvalue weighted by Gasteiger charge is 2.35. The fourth-order valence-electron chi connectivity index (χ4n) is 3.76. The minimum Gasteiger partial charge on any atom is -0.353 e. The lowest BCUT2D eigenvalue weighted by molar-refractivity contribution is -0.386. The minimum atomic E-state index is -0.627. The lowest BCUT2D eigenvalue weighted by atomic mass is 9.98. The number of hydrogen-bond donors (Lipinski definition) is 0. The Balaban J connectivity index is 1.53. The molecule has 10 nitrogen and oxygen atoms in total. The van der Waals surface area contributed by atoms with Crippen molar-refractivity contribution in [3.8, 4) is 0 Å². The lowest BCUT2D eigenvalue weighted by Gasteiger charge is -2.39. The first-order valence-corrected chi connectivity index (χ1v) is 9.50. The van der Waals surface area contributed by atoms with E-state index in [-0.39, 0.29) is 23.2 Å². The Bertz CT molecular complexity index is 992. The summed E-state index contributed by atoms with van der Waals surface area (Å²) in [6.45, 7) is 3.48. The van der Waals surface area contributed by atoms with E-state index < -0.39 is 10.8 Å². The Morgan fingerprint density at radius 2 is 1.57 bits per heavy atom. The maximum Gasteiger partial charge on any atom is 0.344 e. The van der Waals surface area contributed by atoms with E-state index in [2.05, 4.69) is 20.0 Å². The first-order chi connectivity index (χ1) is 14.6. The van der Waals surface area contributed by atoms with E-state index in [1.54, 1.807) is 29.7 Å². The Morgan fingerprint density at radius 1 is 1.03 bits per heavy atom. The number of carbonyl (C=O) groups is 1. The Hall–Kier alpha value is -3.66. The van der Waals surface area contributed by atoms with Gasteiger partial charge in [0.2, 0.25) is 11.5 Å². The predicted octanol–water partition coefficient (Wildman–Crippen LogP) is 2.23. The normalized spacial score (nSPS) is 14.8. The molecule has 1 amide bonds. The van der Waals surface area contributed by atoms with Crippen molar-refractivity contribution in [3.63, 3.8) is 0 Å². The van der Waals surface area contributed by atoms with Gasteiger partial charge in [0.15, 0.2) is 0 Å². The summed E-state index contributed by atoms with van der Waals surface area (Å²) >= 11 is 0. The van der Waals surface area contributed by atoms with Gasteiger partial charge in [0, 0.05) is 57.9 Å². The van der Waals surface area contributed by atoms with Crippen molar-refractivity contribution in [3.05, 3.63) is 81.7 Å². The van der Waals surface area contributed by atoms with Crippen LogP contribution < -0.4 is 0 Å². The van der Waals surface area contributed by atoms with Crippen molar-refractivity contribution < 1.29 is 14.2 Å². The molecule has 0 saturated carbocycles. The van der Waals surface area contributed by atoms with Crippen LogP contribution in [0.4, 0.5) is 5.69 Å². The van der Waals surface area contributed by atoms with Gasteiger partial charge in [-0.3, -0.25) is 29.8 Å². The fourth-order valence-corrected chi connectivity index (χ4v) is 3.76. The summed E-state index contributed by atoms with van der Waals surface area (Å²) in [7, 11) is 0. The van der Waals surface area contributed by atoms with Crippen LogP contribution in [0.25, 0.3) is 0 Å². The van der Waals surface area contributed by atoms with Gasteiger partial charge in [-0.05, 0) is 35.4 Å². The van der Waals surface area contributed by atoms with Crippen LogP contribution in [-0.2, 0) is 0 Å². The number of aryl methyl sites for hydroxylation is 1. The molecule has 1 fully saturated rings. The molecule has 30 heavy (non-hydrogen) atoms. The number of nitro groups is 1. The van der Waals surface area contributed by atoms with Crippen LogP contribution in [0, 0.1) is 17.0 Å². The van der Waals surface area contributed by atoms with Crippen LogP contribution in [-0.4, -0.2) is 61.9 Å². The molecular weight excluding hydrogens is 388 g/mol. The molecule has 0 unspecified atom stereocenters. The topological polar surface area (TPSA) is 119 Å². The summed E-state index contributed by atoms with van der Waals surface area (Å²) < 4.78 is 4.88. The van der Waals surface area contributed by atoms with Gasteiger partial charge < -0.3 is 9.42 Å². The molecule has 3 aromatic rings. The van der Waals surface area contributed by atoms with Gasteiger partial charge in [0.1, 0.15) is 0 Å². The van der Waals surface area contributed by atoms with Crippen LogP contribution in [0.15, 0.2) is 53.6 Å². The standard InChI is InChI=1S/C20H20N6O4/c1-14-18(26(28)29)17(23-30-14)20(27)25-12-10-24(11-13-25)19(15-2-6-21-7-3-15)16-4-8-22-9-5-16/h2-9,19H,10-13H2,1H3. The molecule has 0 aromatic carbocycles. The third-order valence-corrected chi connectivity index (χ3v) is 5.23. The summed E-state index contributed by atoms with van der Waals surface area (Å²) in [4.78, 5) is 35.5. The molecular formula is C20H20N6O4. The van der Waals surface area contributed by atoms with Gasteiger partial charge in [0.25, 0.3) is 5.91 Å². The number of rotatable bonds is 5. The quantitative estimate of drug-likeness (QED) is 0.466. The van der Waals surface area contributed by atoms with Crippen molar-refractivity contribution in [2.24, 2.45) is 0 Å². The second-order valence-electron chi connectivity index (χ2n) is 6.98. The van der Waals surface area contributed by atoms with Crippen LogP contribution in [0.2, 0.25) is 0 Å². The highest BCUT2D eigenvalue weighted by atomic mass is 16.6. The van der Waals surface area contributed by atoms with Crippen molar-refractivity contribution >= 4 is 11.6 Å². The van der Waals surface area contributed by atoms with Gasteiger partial charge in [-0.25, -0.2) is 0 Å². The largest absolute Gasteiger partial charge is 0.353 e. The number of aromatic nitrogens is 3. The second kappa shape index (κ2) is 8.37. The average molecular weight is 408 g/mol. The van der Waals surface area contributed by atoms with E-state index in [1.165, 1.54) is 6.92 Å². The molecule has 0 bridgehead atoms. The first-order valence-electron chi connectivity index (χ1n) is 9.50. The van der Waals surface area contributed by atoms with Gasteiger partial charge in [0.05, 0.1) is 11.0 Å². The SMILES string of the molecule is Cc1onc(C(=O)N2CCN(C(c3ccncc3)c3ccncc3)CC2)c1[N+](=O)[O-]. The number of carbonyl (C=O) groups excluding carboxylic acids is 1. The Labute approximate surface area is 172 Å². The minimum absolute atomic E-state index is 0.00289. The number of hydrogen-bond acceptors (Lipinski definition) is 8. The molecule has 4 heterocycles. The smallest absolute Gasteiger partial charge is 0.344 e. The number of piperazine rings is 1. The third kappa shape index (κ3) is 3.77. The van der Waals surface area contributed by atoms with Crippen LogP contribution in [0.5, 0.6) is 0 Å². The van der Waals surface area contributed by atoms with Crippen LogP contribution >= 0.6 is 0 Å². The summed E-state index contributed by atoms with van der Waals surface area (Å²) in [6, 6.07) is 7.90. The van der Waals surface area contributed by atoms with E-state index in [4.69, 9.17) is 4.52 Å². The van der Waals surface area contributed by atoms with E-state index in [9.17, 15) is 14.9 Å². The maximum atomic E-state index is 12.8. The number of amides is 1. The van der Waals surface area contributed by atoms with E-state index in [0.717, 1.165) is 11.1 Å². The molecule has 10 heteroatoms. The van der Waals surface area contributed by atoms with E-state index in [0.29, 0.717) is 26.2 Å². The van der Waals surface area contributed by atoms with Gasteiger partial charge in [-0.15, -0.1) is 0 Å². The van der Waals surface area contributed by atoms with E-state index in [1.807, 2.05) is 24.3 Å². The van der Waals surface area contributed by atoms with Crippen molar-refractivity contribution in [1.82, 2.24) is 24.9 Å². The first kappa shape index (κ1) is 19.6. The van der Waals surface area contributed by atoms with Crippen LogP contribution in [0.1, 0.15) is 33.4 Å². The summed E-state index contributed by atoms with van der Waals surface area (Å²) in [6.07, 6.45) is 7.04. The van der Waals surface area contributed by atoms with Crippen molar-refractivity contribution in [1.29, 1.82) is 0 Å². The molecule has 1 saturated heterocycles. The van der Waals surface area contributed by atoms with Gasteiger partial charge in [-0.1, -0.05) is 5.16 Å². The molecule has 154 valence electrons. The summed E-state index contributed by atoms with van der Waals surface area (Å²) in [5.74, 6) is -0.458. The zero-order chi connectivity index (χ0) is 21.1. The Morgan fingerprint density at radius 3 is 2.07 bits per heavy atom. The van der Waals surface area contributed by atoms with Crippen molar-refractivity contribution in [2.75, 3.05) is 26.2 Å². The van der Waals surface area contributed by atoms with Gasteiger partial charge in [-0.2, -0.15) is 0 Å². The molecule has 4 rings (SSSR count). The van der Waals surface area contributed by atoms with Gasteiger partial charge >= 0.3 is 5.69 Å². The monoisotopic (exact) mass is 408 g/mol. The van der Waals surface area contributed by atoms with Crippen molar-refractivity contribution in [2.45, 2.75) is 13.0 Å². The van der Waals surface area contributed by atoms with E-state index >= 15 is 0 Å². The molecule has 0 spiro atoms. The fraction of sp³-hybridized carbons (Fsp3) is 0.300. The van der Waals surface area contributed by atoms with Crippen LogP contribution in [0.3, 0.4) is 0 Å². The summed E-state index contributed by atoms with van der Waals surface area (Å²) in [5.41, 5.74) is 1.58. The molecule has 3 aromatic heterocycles. The highest BCUT2D eigenvalue weighted by molar-refractivity contribution is 5.96. The molecule has 0 atom stereocenters. The molecule has 0 aliphatic carbocycles. The molecule has 1 aliphatic rings. The summed E-state index contributed by atoms with van der Waals surface area (Å²) in [5, 5.41) is 14.9. The zero-order valence-corrected chi connectivity index (χ0v) is 16.3. The third-order valence-electron chi connectivity index (χ3n) is 5.23. The maximum absolute atomic E-state index is 12.8. The number of nitrogens with zero attached hydrogens (tertiary/aromatic N) is 6. The number of pyridine rings is 2. The molecule has 0 N–H and O–H groups in total. The predicted molar refractivity (Wildman–Crippen MR) is 106 cm³/mol. The Kier molecular flexibility index (Phi) is 5.48. The average Bonchev–Trinajstić information content (AvgIpc) is 3.17.